The molecule has 0 aliphatic heterocycles. The van der Waals surface area contributed by atoms with E-state index in [0.29, 0.717) is 11.7 Å². The molecule has 0 atom stereocenters. The van der Waals surface area contributed by atoms with Crippen LogP contribution in [0.25, 0.3) is 6.08 Å². The van der Waals surface area contributed by atoms with Crippen molar-refractivity contribution in [2.45, 2.75) is 17.9 Å². The Bertz CT molecular complexity index is 981. The fourth-order valence-electron chi connectivity index (χ4n) is 2.11. The van der Waals surface area contributed by atoms with Gasteiger partial charge in [-0.25, -0.2) is 4.98 Å². The number of thioether (sulfide) groups is 1. The lowest BCUT2D eigenvalue weighted by atomic mass is 10.2. The molecule has 0 fully saturated rings. The molecule has 0 aliphatic carbocycles. The van der Waals surface area contributed by atoms with E-state index in [1.54, 1.807) is 23.5 Å². The smallest absolute Gasteiger partial charge is 0.250 e. The number of aryl methyl sites for hydroxylation is 1. The van der Waals surface area contributed by atoms with Crippen molar-refractivity contribution in [2.24, 2.45) is 0 Å². The minimum absolute atomic E-state index is 0.263. The maximum Gasteiger partial charge on any atom is 0.250 e. The Morgan fingerprint density at radius 3 is 3.07 bits per heavy atom. The molecule has 0 unspecified atom stereocenters. The van der Waals surface area contributed by atoms with Gasteiger partial charge in [-0.2, -0.15) is 0 Å². The first kappa shape index (κ1) is 20.2. The van der Waals surface area contributed by atoms with E-state index in [-0.39, 0.29) is 5.91 Å². The Kier molecular flexibility index (Phi) is 7.35. The van der Waals surface area contributed by atoms with E-state index in [0.717, 1.165) is 32.1 Å². The van der Waals surface area contributed by atoms with E-state index < -0.39 is 0 Å². The lowest BCUT2D eigenvalue weighted by Crippen LogP contribution is -2.07. The SMILES string of the molecule is C=CCSc1nnc(NC(=O)/C=C/c2cccc(OCc3csc(C)n3)c2)s1. The van der Waals surface area contributed by atoms with Gasteiger partial charge < -0.3 is 4.74 Å². The van der Waals surface area contributed by atoms with Crippen molar-refractivity contribution in [1.29, 1.82) is 0 Å². The second-order valence-electron chi connectivity index (χ2n) is 5.51. The molecule has 1 aromatic carbocycles. The number of hydrogen-bond donors (Lipinski definition) is 1. The average molecular weight is 431 g/mol. The number of nitrogens with one attached hydrogen (secondary N) is 1. The Morgan fingerprint density at radius 1 is 1.39 bits per heavy atom. The van der Waals surface area contributed by atoms with Crippen molar-refractivity contribution in [1.82, 2.24) is 15.2 Å². The molecule has 0 aliphatic rings. The second-order valence-corrected chi connectivity index (χ2v) is 8.82. The molecule has 2 heterocycles. The van der Waals surface area contributed by atoms with Crippen molar-refractivity contribution in [3.05, 3.63) is 64.6 Å². The summed E-state index contributed by atoms with van der Waals surface area (Å²) in [6, 6.07) is 7.53. The highest BCUT2D eigenvalue weighted by atomic mass is 32.2. The van der Waals surface area contributed by atoms with Crippen LogP contribution in [0.2, 0.25) is 0 Å². The van der Waals surface area contributed by atoms with Crippen LogP contribution in [0.15, 0.2) is 52.7 Å². The van der Waals surface area contributed by atoms with E-state index in [2.05, 4.69) is 27.1 Å². The molecule has 1 amide bonds. The largest absolute Gasteiger partial charge is 0.487 e. The summed E-state index contributed by atoms with van der Waals surface area (Å²) in [5.41, 5.74) is 1.77. The molecule has 3 aromatic rings. The predicted molar refractivity (Wildman–Crippen MR) is 116 cm³/mol. The third kappa shape index (κ3) is 6.29. The summed E-state index contributed by atoms with van der Waals surface area (Å²) in [6.45, 7) is 6.05. The zero-order valence-corrected chi connectivity index (χ0v) is 17.6. The van der Waals surface area contributed by atoms with Gasteiger partial charge in [0.1, 0.15) is 12.4 Å². The quantitative estimate of drug-likeness (QED) is 0.227. The molecule has 2 aromatic heterocycles. The van der Waals surface area contributed by atoms with Gasteiger partial charge in [-0.3, -0.25) is 10.1 Å². The molecule has 6 nitrogen and oxygen atoms in total. The highest BCUT2D eigenvalue weighted by Gasteiger charge is 2.06. The molecular formula is C19H18N4O2S3. The molecule has 0 spiro atoms. The molecule has 0 radical (unpaired) electrons. The maximum atomic E-state index is 12.1. The first-order chi connectivity index (χ1) is 13.6. The first-order valence-corrected chi connectivity index (χ1v) is 11.0. The van der Waals surface area contributed by atoms with E-state index in [1.165, 1.54) is 29.2 Å². The zero-order valence-electron chi connectivity index (χ0n) is 15.1. The van der Waals surface area contributed by atoms with Crippen LogP contribution in [0.3, 0.4) is 0 Å². The first-order valence-electron chi connectivity index (χ1n) is 8.32. The number of ether oxygens (including phenoxy) is 1. The number of carbonyl (C=O) groups excluding carboxylic acids is 1. The number of anilines is 1. The van der Waals surface area contributed by atoms with Crippen molar-refractivity contribution in [3.63, 3.8) is 0 Å². The van der Waals surface area contributed by atoms with Gasteiger partial charge in [0.25, 0.3) is 0 Å². The standard InChI is InChI=1S/C19H18N4O2S3/c1-3-9-26-19-23-22-18(28-19)21-17(24)8-7-14-5-4-6-16(10-14)25-11-15-12-27-13(2)20-15/h3-8,10,12H,1,9,11H2,2H3,(H,21,22,24)/b8-7+. The van der Waals surface area contributed by atoms with Crippen LogP contribution >= 0.6 is 34.4 Å². The summed E-state index contributed by atoms with van der Waals surface area (Å²) in [6.07, 6.45) is 4.98. The molecule has 0 saturated carbocycles. The number of thiazole rings is 1. The van der Waals surface area contributed by atoms with Crippen molar-refractivity contribution in [2.75, 3.05) is 11.1 Å². The van der Waals surface area contributed by atoms with Gasteiger partial charge >= 0.3 is 0 Å². The average Bonchev–Trinajstić information content (AvgIpc) is 3.32. The van der Waals surface area contributed by atoms with E-state index in [9.17, 15) is 4.79 Å². The van der Waals surface area contributed by atoms with Crippen LogP contribution in [0, 0.1) is 6.92 Å². The predicted octanol–water partition coefficient (Wildman–Crippen LogP) is 4.81. The van der Waals surface area contributed by atoms with Crippen LogP contribution < -0.4 is 10.1 Å². The van der Waals surface area contributed by atoms with E-state index in [1.807, 2.05) is 36.6 Å². The molecule has 1 N–H and O–H groups in total. The van der Waals surface area contributed by atoms with Crippen molar-refractivity contribution < 1.29 is 9.53 Å². The molecule has 28 heavy (non-hydrogen) atoms. The lowest BCUT2D eigenvalue weighted by molar-refractivity contribution is -0.111. The maximum absolute atomic E-state index is 12.1. The fourth-order valence-corrected chi connectivity index (χ4v) is 4.22. The van der Waals surface area contributed by atoms with Gasteiger partial charge in [0.05, 0.1) is 10.7 Å². The van der Waals surface area contributed by atoms with Crippen molar-refractivity contribution in [3.8, 4) is 5.75 Å². The Labute approximate surface area is 175 Å². The second kappa shape index (κ2) is 10.2. The number of aromatic nitrogens is 3. The monoisotopic (exact) mass is 430 g/mol. The Morgan fingerprint density at radius 2 is 2.29 bits per heavy atom. The summed E-state index contributed by atoms with van der Waals surface area (Å²) >= 11 is 4.46. The molecule has 0 saturated heterocycles. The molecule has 144 valence electrons. The van der Waals surface area contributed by atoms with Gasteiger partial charge in [-0.1, -0.05) is 41.3 Å². The number of carbonyl (C=O) groups is 1. The topological polar surface area (TPSA) is 77.0 Å². The number of hydrogen-bond acceptors (Lipinski definition) is 8. The van der Waals surface area contributed by atoms with Gasteiger partial charge in [0.15, 0.2) is 4.34 Å². The van der Waals surface area contributed by atoms with Crippen LogP contribution in [-0.2, 0) is 11.4 Å². The van der Waals surface area contributed by atoms with E-state index >= 15 is 0 Å². The van der Waals surface area contributed by atoms with E-state index in [4.69, 9.17) is 4.74 Å². The zero-order chi connectivity index (χ0) is 19.8. The molecule has 0 bridgehead atoms. The molecular weight excluding hydrogens is 412 g/mol. The lowest BCUT2D eigenvalue weighted by Gasteiger charge is -2.05. The summed E-state index contributed by atoms with van der Waals surface area (Å²) in [5.74, 6) is 1.21. The highest BCUT2D eigenvalue weighted by Crippen LogP contribution is 2.25. The van der Waals surface area contributed by atoms with Crippen molar-refractivity contribution >= 4 is 51.6 Å². The normalized spacial score (nSPS) is 10.9. The number of nitrogens with zero attached hydrogens (tertiary/aromatic N) is 3. The number of benzene rings is 1. The minimum Gasteiger partial charge on any atom is -0.487 e. The summed E-state index contributed by atoms with van der Waals surface area (Å²) < 4.78 is 6.56. The van der Waals surface area contributed by atoms with Crippen LogP contribution in [-0.4, -0.2) is 26.8 Å². The summed E-state index contributed by atoms with van der Waals surface area (Å²) in [7, 11) is 0. The van der Waals surface area contributed by atoms with Gasteiger partial charge in [-0.15, -0.1) is 28.1 Å². The number of rotatable bonds is 9. The van der Waals surface area contributed by atoms with Gasteiger partial charge in [0.2, 0.25) is 11.0 Å². The molecule has 9 heteroatoms. The van der Waals surface area contributed by atoms with Gasteiger partial charge in [-0.05, 0) is 30.7 Å². The van der Waals surface area contributed by atoms with Crippen LogP contribution in [0.4, 0.5) is 5.13 Å². The van der Waals surface area contributed by atoms with Crippen LogP contribution in [0.1, 0.15) is 16.3 Å². The third-order valence-electron chi connectivity index (χ3n) is 3.30. The Hall–Kier alpha value is -2.49. The Balaban J connectivity index is 1.53. The third-order valence-corrected chi connectivity index (χ3v) is 6.09. The number of amides is 1. The molecule has 3 rings (SSSR count). The summed E-state index contributed by atoms with van der Waals surface area (Å²) in [4.78, 5) is 16.5. The van der Waals surface area contributed by atoms with Crippen LogP contribution in [0.5, 0.6) is 5.75 Å². The minimum atomic E-state index is -0.263. The summed E-state index contributed by atoms with van der Waals surface area (Å²) in [5, 5.41) is 14.1. The fraction of sp³-hybridized carbons (Fsp3) is 0.158. The highest BCUT2D eigenvalue weighted by molar-refractivity contribution is 8.01. The van der Waals surface area contributed by atoms with Gasteiger partial charge in [0, 0.05) is 17.2 Å².